The van der Waals surface area contributed by atoms with E-state index in [-0.39, 0.29) is 0 Å². The lowest BCUT2D eigenvalue weighted by Crippen LogP contribution is -2.26. The zero-order valence-electron chi connectivity index (χ0n) is 19.9. The van der Waals surface area contributed by atoms with Crippen LogP contribution in [0.2, 0.25) is 0 Å². The molecular weight excluding hydrogens is 342 g/mol. The number of unbranched alkanes of at least 4 members (excludes halogenated alkanes) is 17. The number of aliphatic hydroxyl groups excluding tert-OH is 1. The summed E-state index contributed by atoms with van der Waals surface area (Å²) < 4.78 is 0. The second-order valence-electron chi connectivity index (χ2n) is 8.93. The Labute approximate surface area is 178 Å². The van der Waals surface area contributed by atoms with E-state index in [0.717, 1.165) is 6.42 Å². The highest BCUT2D eigenvalue weighted by atomic mass is 16.2. The smallest absolute Gasteiger partial charge is 0.0431 e. The fourth-order valence-electron chi connectivity index (χ4n) is 4.24. The van der Waals surface area contributed by atoms with E-state index in [9.17, 15) is 0 Å². The van der Waals surface area contributed by atoms with Crippen molar-refractivity contribution in [2.24, 2.45) is 0 Å². The Hall–Kier alpha value is -0.0800. The van der Waals surface area contributed by atoms with Gasteiger partial charge in [-0.3, -0.25) is 0 Å². The van der Waals surface area contributed by atoms with Crippen molar-refractivity contribution in [3.05, 3.63) is 0 Å². The van der Waals surface area contributed by atoms with Crippen LogP contribution < -0.4 is 0 Å². The van der Waals surface area contributed by atoms with Gasteiger partial charge >= 0.3 is 0 Å². The molecule has 0 unspecified atom stereocenters. The van der Waals surface area contributed by atoms with E-state index >= 15 is 0 Å². The van der Waals surface area contributed by atoms with Gasteiger partial charge in [-0.25, -0.2) is 0 Å². The fourth-order valence-corrected chi connectivity index (χ4v) is 4.24. The molecule has 2 heteroatoms. The van der Waals surface area contributed by atoms with Gasteiger partial charge in [-0.1, -0.05) is 117 Å². The molecule has 0 amide bonds. The third-order valence-corrected chi connectivity index (χ3v) is 5.96. The largest absolute Gasteiger partial charge is 0.396 e. The molecule has 0 aliphatic rings. The number of hydrogen-bond donors (Lipinski definition) is 1. The minimum atomic E-state index is 0.372. The zero-order chi connectivity index (χ0) is 20.5. The molecule has 0 aromatic rings. The van der Waals surface area contributed by atoms with Crippen molar-refractivity contribution in [1.82, 2.24) is 4.90 Å². The second kappa shape index (κ2) is 25.0. The van der Waals surface area contributed by atoms with Crippen molar-refractivity contribution < 1.29 is 5.11 Å². The molecule has 0 radical (unpaired) electrons. The quantitative estimate of drug-likeness (QED) is 0.166. The first kappa shape index (κ1) is 27.9. The summed E-state index contributed by atoms with van der Waals surface area (Å²) in [5.74, 6) is 0. The summed E-state index contributed by atoms with van der Waals surface area (Å²) >= 11 is 0. The van der Waals surface area contributed by atoms with Gasteiger partial charge in [0.25, 0.3) is 0 Å². The lowest BCUT2D eigenvalue weighted by Gasteiger charge is -2.20. The predicted octanol–water partition coefficient (Wildman–Crippen LogP) is 8.12. The maximum Gasteiger partial charge on any atom is 0.0431 e. The Bertz CT molecular complexity index is 263. The van der Waals surface area contributed by atoms with Gasteiger partial charge in [0.05, 0.1) is 0 Å². The highest BCUT2D eigenvalue weighted by Gasteiger charge is 2.01. The predicted molar refractivity (Wildman–Crippen MR) is 127 cm³/mol. The van der Waals surface area contributed by atoms with Crippen LogP contribution in [-0.2, 0) is 0 Å². The highest BCUT2D eigenvalue weighted by molar-refractivity contribution is 4.57. The van der Waals surface area contributed by atoms with Crippen molar-refractivity contribution in [3.63, 3.8) is 0 Å². The summed E-state index contributed by atoms with van der Waals surface area (Å²) in [5.41, 5.74) is 0. The minimum absolute atomic E-state index is 0.372. The van der Waals surface area contributed by atoms with Gasteiger partial charge in [0.15, 0.2) is 0 Å². The molecule has 0 spiro atoms. The summed E-state index contributed by atoms with van der Waals surface area (Å²) in [6, 6.07) is 0. The van der Waals surface area contributed by atoms with Crippen LogP contribution in [0.1, 0.15) is 142 Å². The van der Waals surface area contributed by atoms with E-state index in [2.05, 4.69) is 18.7 Å². The van der Waals surface area contributed by atoms with E-state index in [0.29, 0.717) is 6.61 Å². The van der Waals surface area contributed by atoms with Crippen molar-refractivity contribution in [3.8, 4) is 0 Å². The number of hydrogen-bond acceptors (Lipinski definition) is 2. The molecule has 0 aliphatic heterocycles. The van der Waals surface area contributed by atoms with Gasteiger partial charge in [-0.15, -0.1) is 0 Å². The lowest BCUT2D eigenvalue weighted by atomic mass is 10.0. The second-order valence-corrected chi connectivity index (χ2v) is 8.93. The number of nitrogens with zero attached hydrogens (tertiary/aromatic N) is 1. The first-order valence-corrected chi connectivity index (χ1v) is 13.2. The van der Waals surface area contributed by atoms with E-state index in [1.165, 1.54) is 142 Å². The molecule has 0 aromatic carbocycles. The summed E-state index contributed by atoms with van der Waals surface area (Å²) in [7, 11) is 0. The highest BCUT2D eigenvalue weighted by Crippen LogP contribution is 2.14. The van der Waals surface area contributed by atoms with E-state index in [1.807, 2.05) is 0 Å². The first-order valence-electron chi connectivity index (χ1n) is 13.2. The van der Waals surface area contributed by atoms with Crippen molar-refractivity contribution in [2.45, 2.75) is 142 Å². The fraction of sp³-hybridized carbons (Fsp3) is 1.00. The summed E-state index contributed by atoms with van der Waals surface area (Å²) in [5, 5.41) is 8.75. The van der Waals surface area contributed by atoms with Gasteiger partial charge in [0.2, 0.25) is 0 Å². The molecule has 28 heavy (non-hydrogen) atoms. The average Bonchev–Trinajstić information content (AvgIpc) is 2.70. The van der Waals surface area contributed by atoms with Crippen LogP contribution in [0, 0.1) is 0 Å². The van der Waals surface area contributed by atoms with Gasteiger partial charge < -0.3 is 10.0 Å². The summed E-state index contributed by atoms with van der Waals surface area (Å²) in [6.07, 6.45) is 27.7. The molecule has 0 bridgehead atoms. The lowest BCUT2D eigenvalue weighted by molar-refractivity contribution is 0.267. The first-order chi connectivity index (χ1) is 13.8. The Morgan fingerprint density at radius 3 is 0.964 bits per heavy atom. The summed E-state index contributed by atoms with van der Waals surface area (Å²) in [6.45, 7) is 8.88. The normalized spacial score (nSPS) is 11.6. The van der Waals surface area contributed by atoms with Gasteiger partial charge in [-0.05, 0) is 45.3 Å². The van der Waals surface area contributed by atoms with Gasteiger partial charge in [0, 0.05) is 6.61 Å². The zero-order valence-corrected chi connectivity index (χ0v) is 19.9. The maximum absolute atomic E-state index is 8.75. The molecule has 1 N–H and O–H groups in total. The SMILES string of the molecule is CCCN(CCC)CCCCCCCCCCCCCCCCCCCCO. The molecule has 0 fully saturated rings. The Morgan fingerprint density at radius 1 is 0.393 bits per heavy atom. The van der Waals surface area contributed by atoms with Crippen molar-refractivity contribution >= 4 is 0 Å². The number of aliphatic hydroxyl groups is 1. The molecule has 170 valence electrons. The Morgan fingerprint density at radius 2 is 0.679 bits per heavy atom. The Kier molecular flexibility index (Phi) is 24.9. The molecule has 0 rings (SSSR count). The molecule has 0 saturated carbocycles. The maximum atomic E-state index is 8.75. The van der Waals surface area contributed by atoms with Crippen LogP contribution in [0.5, 0.6) is 0 Å². The molecule has 2 nitrogen and oxygen atoms in total. The van der Waals surface area contributed by atoms with Gasteiger partial charge in [-0.2, -0.15) is 0 Å². The number of rotatable bonds is 24. The standard InChI is InChI=1S/C26H55NO/c1-3-23-27(24-4-2)25-21-19-17-15-13-11-9-7-5-6-8-10-12-14-16-18-20-22-26-28/h28H,3-26H2,1-2H3. The van der Waals surface area contributed by atoms with Crippen molar-refractivity contribution in [2.75, 3.05) is 26.2 Å². The minimum Gasteiger partial charge on any atom is -0.396 e. The van der Waals surface area contributed by atoms with Crippen LogP contribution >= 0.6 is 0 Å². The molecule has 0 aliphatic carbocycles. The molecule has 0 saturated heterocycles. The Balaban J connectivity index is 3.12. The van der Waals surface area contributed by atoms with E-state index < -0.39 is 0 Å². The van der Waals surface area contributed by atoms with Crippen LogP contribution in [0.25, 0.3) is 0 Å². The van der Waals surface area contributed by atoms with Crippen molar-refractivity contribution in [1.29, 1.82) is 0 Å². The van der Waals surface area contributed by atoms with Crippen LogP contribution in [0.3, 0.4) is 0 Å². The van der Waals surface area contributed by atoms with Crippen LogP contribution in [0.15, 0.2) is 0 Å². The molecule has 0 aromatic heterocycles. The van der Waals surface area contributed by atoms with Crippen LogP contribution in [0.4, 0.5) is 0 Å². The summed E-state index contributed by atoms with van der Waals surface area (Å²) in [4.78, 5) is 2.65. The molecular formula is C26H55NO. The van der Waals surface area contributed by atoms with Gasteiger partial charge in [0.1, 0.15) is 0 Å². The monoisotopic (exact) mass is 397 g/mol. The third-order valence-electron chi connectivity index (χ3n) is 5.96. The topological polar surface area (TPSA) is 23.5 Å². The molecule has 0 atom stereocenters. The van der Waals surface area contributed by atoms with E-state index in [4.69, 9.17) is 5.11 Å². The third kappa shape index (κ3) is 22.2. The average molecular weight is 398 g/mol. The molecule has 0 heterocycles. The van der Waals surface area contributed by atoms with Crippen LogP contribution in [-0.4, -0.2) is 36.2 Å². The van der Waals surface area contributed by atoms with E-state index in [1.54, 1.807) is 0 Å².